The molecule has 0 saturated heterocycles. The summed E-state index contributed by atoms with van der Waals surface area (Å²) in [4.78, 5) is 11.2. The summed E-state index contributed by atoms with van der Waals surface area (Å²) in [7, 11) is -0.547. The standard InChI is InChI=1S/C17H32O3Si/c1-9-16(11-10-12-17(18)19-8)20-21(13(2)3,14(4)5)15(6)7/h1,13-16H,10-12H2,2-8H3/t16-/m1/s1. The van der Waals surface area contributed by atoms with Gasteiger partial charge in [-0.25, -0.2) is 0 Å². The molecule has 0 N–H and O–H groups in total. The monoisotopic (exact) mass is 312 g/mol. The SMILES string of the molecule is C#C[C@H](CCCC(=O)OC)O[Si](C(C)C)(C(C)C)C(C)C. The Morgan fingerprint density at radius 2 is 1.57 bits per heavy atom. The maximum Gasteiger partial charge on any atom is 0.305 e. The summed E-state index contributed by atoms with van der Waals surface area (Å²) in [5.41, 5.74) is 1.52. The Kier molecular flexibility index (Phi) is 8.92. The molecule has 0 fully saturated rings. The number of methoxy groups -OCH3 is 1. The van der Waals surface area contributed by atoms with Gasteiger partial charge >= 0.3 is 5.97 Å². The van der Waals surface area contributed by atoms with E-state index in [2.05, 4.69) is 52.2 Å². The van der Waals surface area contributed by atoms with E-state index in [1.807, 2.05) is 0 Å². The second-order valence-electron chi connectivity index (χ2n) is 6.56. The highest BCUT2D eigenvalue weighted by atomic mass is 28.4. The summed E-state index contributed by atoms with van der Waals surface area (Å²) in [6.45, 7) is 13.5. The van der Waals surface area contributed by atoms with Gasteiger partial charge < -0.3 is 9.16 Å². The minimum atomic E-state index is -1.96. The third-order valence-corrected chi connectivity index (χ3v) is 10.4. The third-order valence-electron chi connectivity index (χ3n) is 4.31. The molecule has 3 nitrogen and oxygen atoms in total. The first-order valence-corrected chi connectivity index (χ1v) is 10.1. The van der Waals surface area contributed by atoms with Gasteiger partial charge in [-0.15, -0.1) is 6.42 Å². The molecule has 0 aromatic heterocycles. The number of hydrogen-bond donors (Lipinski definition) is 0. The van der Waals surface area contributed by atoms with Crippen molar-refractivity contribution in [2.75, 3.05) is 7.11 Å². The Morgan fingerprint density at radius 3 is 1.90 bits per heavy atom. The van der Waals surface area contributed by atoms with Gasteiger partial charge in [-0.3, -0.25) is 4.79 Å². The van der Waals surface area contributed by atoms with Gasteiger partial charge in [-0.1, -0.05) is 47.5 Å². The van der Waals surface area contributed by atoms with Crippen molar-refractivity contribution in [2.45, 2.75) is 83.5 Å². The minimum Gasteiger partial charge on any atom is -0.469 e. The molecule has 4 heteroatoms. The molecule has 0 aromatic rings. The van der Waals surface area contributed by atoms with Crippen LogP contribution in [0.25, 0.3) is 0 Å². The van der Waals surface area contributed by atoms with Crippen LogP contribution in [0.2, 0.25) is 16.6 Å². The van der Waals surface area contributed by atoms with E-state index in [9.17, 15) is 4.79 Å². The Balaban J connectivity index is 4.88. The molecule has 1 atom stereocenters. The van der Waals surface area contributed by atoms with Gasteiger partial charge in [0.25, 0.3) is 0 Å². The van der Waals surface area contributed by atoms with E-state index in [-0.39, 0.29) is 12.1 Å². The van der Waals surface area contributed by atoms with E-state index in [0.717, 1.165) is 0 Å². The zero-order chi connectivity index (χ0) is 16.6. The van der Waals surface area contributed by atoms with Crippen LogP contribution in [0.15, 0.2) is 0 Å². The average Bonchev–Trinajstić information content (AvgIpc) is 2.40. The molecule has 122 valence electrons. The number of esters is 1. The number of ether oxygens (including phenoxy) is 1. The van der Waals surface area contributed by atoms with Crippen molar-refractivity contribution in [3.63, 3.8) is 0 Å². The fourth-order valence-corrected chi connectivity index (χ4v) is 8.86. The maximum atomic E-state index is 11.2. The van der Waals surface area contributed by atoms with Crippen LogP contribution in [0.4, 0.5) is 0 Å². The Labute approximate surface area is 131 Å². The van der Waals surface area contributed by atoms with E-state index >= 15 is 0 Å². The fraction of sp³-hybridized carbons (Fsp3) is 0.824. The van der Waals surface area contributed by atoms with Gasteiger partial charge in [-0.05, 0) is 29.5 Å². The number of carbonyl (C=O) groups is 1. The van der Waals surface area contributed by atoms with Crippen molar-refractivity contribution < 1.29 is 14.0 Å². The minimum absolute atomic E-state index is 0.189. The second kappa shape index (κ2) is 9.27. The van der Waals surface area contributed by atoms with E-state index in [1.54, 1.807) is 0 Å². The molecule has 0 saturated carbocycles. The summed E-state index contributed by atoms with van der Waals surface area (Å²) in [5.74, 6) is 2.59. The van der Waals surface area contributed by atoms with Gasteiger partial charge in [0.2, 0.25) is 8.32 Å². The first kappa shape index (κ1) is 20.2. The Bertz CT molecular complexity index is 334. The predicted molar refractivity (Wildman–Crippen MR) is 90.6 cm³/mol. The zero-order valence-electron chi connectivity index (χ0n) is 14.7. The molecular formula is C17H32O3Si. The predicted octanol–water partition coefficient (Wildman–Crippen LogP) is 4.52. The molecule has 0 radical (unpaired) electrons. The molecule has 0 rings (SSSR count). The molecule has 0 heterocycles. The molecule has 0 aliphatic rings. The lowest BCUT2D eigenvalue weighted by Gasteiger charge is -2.43. The smallest absolute Gasteiger partial charge is 0.305 e. The van der Waals surface area contributed by atoms with Crippen LogP contribution in [-0.2, 0) is 14.0 Å². The number of hydrogen-bond acceptors (Lipinski definition) is 3. The topological polar surface area (TPSA) is 35.5 Å². The molecule has 0 amide bonds. The van der Waals surface area contributed by atoms with E-state index in [1.165, 1.54) is 7.11 Å². The van der Waals surface area contributed by atoms with Gasteiger partial charge in [0.1, 0.15) is 6.10 Å². The molecule has 0 bridgehead atoms. The Hall–Kier alpha value is -0.793. The number of rotatable bonds is 9. The van der Waals surface area contributed by atoms with Crippen molar-refractivity contribution in [1.29, 1.82) is 0 Å². The van der Waals surface area contributed by atoms with Crippen LogP contribution in [0.3, 0.4) is 0 Å². The van der Waals surface area contributed by atoms with Crippen LogP contribution in [0, 0.1) is 12.3 Å². The number of carbonyl (C=O) groups excluding carboxylic acids is 1. The van der Waals surface area contributed by atoms with Crippen molar-refractivity contribution in [1.82, 2.24) is 0 Å². The highest BCUT2D eigenvalue weighted by Gasteiger charge is 2.46. The fourth-order valence-electron chi connectivity index (χ4n) is 3.36. The molecular weight excluding hydrogens is 280 g/mol. The average molecular weight is 313 g/mol. The molecule has 0 spiro atoms. The third kappa shape index (κ3) is 5.48. The Morgan fingerprint density at radius 1 is 1.10 bits per heavy atom. The molecule has 0 unspecified atom stereocenters. The van der Waals surface area contributed by atoms with Gasteiger partial charge in [-0.2, -0.15) is 0 Å². The zero-order valence-corrected chi connectivity index (χ0v) is 15.7. The first-order chi connectivity index (χ1) is 9.72. The lowest BCUT2D eigenvalue weighted by molar-refractivity contribution is -0.140. The lowest BCUT2D eigenvalue weighted by Crippen LogP contribution is -2.50. The van der Waals surface area contributed by atoms with E-state index in [0.29, 0.717) is 35.9 Å². The van der Waals surface area contributed by atoms with Gasteiger partial charge in [0, 0.05) is 6.42 Å². The van der Waals surface area contributed by atoms with Crippen LogP contribution >= 0.6 is 0 Å². The van der Waals surface area contributed by atoms with Gasteiger partial charge in [0.15, 0.2) is 0 Å². The number of terminal acetylenes is 1. The summed E-state index contributed by atoms with van der Waals surface area (Å²) < 4.78 is 11.2. The molecule has 21 heavy (non-hydrogen) atoms. The van der Waals surface area contributed by atoms with Crippen molar-refractivity contribution in [3.05, 3.63) is 0 Å². The largest absolute Gasteiger partial charge is 0.469 e. The second-order valence-corrected chi connectivity index (χ2v) is 12.0. The quantitative estimate of drug-likeness (QED) is 0.356. The summed E-state index contributed by atoms with van der Waals surface area (Å²) in [5, 5.41) is 0. The maximum absolute atomic E-state index is 11.2. The van der Waals surface area contributed by atoms with Crippen LogP contribution in [0.5, 0.6) is 0 Å². The van der Waals surface area contributed by atoms with Gasteiger partial charge in [0.05, 0.1) is 7.11 Å². The molecule has 0 aliphatic carbocycles. The molecule has 0 aliphatic heterocycles. The van der Waals surface area contributed by atoms with Crippen LogP contribution < -0.4 is 0 Å². The highest BCUT2D eigenvalue weighted by Crippen LogP contribution is 2.43. The summed E-state index contributed by atoms with van der Waals surface area (Å²) >= 11 is 0. The summed E-state index contributed by atoms with van der Waals surface area (Å²) in [6, 6.07) is 0. The normalized spacial score (nSPS) is 13.6. The lowest BCUT2D eigenvalue weighted by atomic mass is 10.1. The first-order valence-electron chi connectivity index (χ1n) is 7.93. The van der Waals surface area contributed by atoms with Crippen LogP contribution in [-0.4, -0.2) is 27.5 Å². The molecule has 0 aromatic carbocycles. The van der Waals surface area contributed by atoms with Crippen molar-refractivity contribution >= 4 is 14.3 Å². The summed E-state index contributed by atoms with van der Waals surface area (Å²) in [6.07, 6.45) is 7.28. The van der Waals surface area contributed by atoms with E-state index < -0.39 is 8.32 Å². The highest BCUT2D eigenvalue weighted by molar-refractivity contribution is 6.77. The van der Waals surface area contributed by atoms with Crippen molar-refractivity contribution in [2.24, 2.45) is 0 Å². The van der Waals surface area contributed by atoms with E-state index in [4.69, 9.17) is 10.8 Å². The van der Waals surface area contributed by atoms with Crippen molar-refractivity contribution in [3.8, 4) is 12.3 Å². The van der Waals surface area contributed by atoms with Crippen LogP contribution in [0.1, 0.15) is 60.8 Å².